The van der Waals surface area contributed by atoms with Gasteiger partial charge in [0.2, 0.25) is 0 Å². The minimum atomic E-state index is -4.51. The normalized spacial score (nSPS) is 20.0. The third-order valence-corrected chi connectivity index (χ3v) is 4.51. The summed E-state index contributed by atoms with van der Waals surface area (Å²) in [5.41, 5.74) is 0. The molecule has 0 saturated heterocycles. The number of phosphoric acid groups is 2. The molecule has 0 aromatic carbocycles. The van der Waals surface area contributed by atoms with E-state index in [1.165, 1.54) is 27.7 Å². The van der Waals surface area contributed by atoms with Crippen molar-refractivity contribution in [1.29, 1.82) is 0 Å². The summed E-state index contributed by atoms with van der Waals surface area (Å²) in [5.74, 6) is 0. The molecule has 0 aliphatic heterocycles. The summed E-state index contributed by atoms with van der Waals surface area (Å²) in [6.07, 6.45) is -4.41. The van der Waals surface area contributed by atoms with Crippen molar-refractivity contribution in [3.05, 3.63) is 0 Å². The number of phosphoric ester groups is 2. The van der Waals surface area contributed by atoms with Crippen molar-refractivity contribution in [1.82, 2.24) is 0 Å². The molecule has 0 aromatic heterocycles. The van der Waals surface area contributed by atoms with Gasteiger partial charge in [-0.25, -0.2) is 9.13 Å². The van der Waals surface area contributed by atoms with Gasteiger partial charge in [-0.15, -0.1) is 0 Å². The predicted molar refractivity (Wildman–Crippen MR) is 79.6 cm³/mol. The molecule has 0 bridgehead atoms. The van der Waals surface area contributed by atoms with E-state index in [0.717, 1.165) is 0 Å². The first kappa shape index (κ1) is 22.9. The van der Waals surface area contributed by atoms with Crippen LogP contribution in [0, 0.1) is 0 Å². The molecule has 0 aromatic rings. The summed E-state index contributed by atoms with van der Waals surface area (Å²) in [5, 5.41) is 9.85. The third kappa shape index (κ3) is 11.1. The molecule has 0 amide bonds. The minimum Gasteiger partial charge on any atom is -0.388 e. The molecule has 0 heterocycles. The number of carbonyl (C=O) groups is 1. The second-order valence-electron chi connectivity index (χ2n) is 5.15. The number of hydrogen-bond donors (Lipinski definition) is 3. The molecule has 3 N–H and O–H groups in total. The van der Waals surface area contributed by atoms with Crippen LogP contribution in [-0.2, 0) is 32.0 Å². The lowest BCUT2D eigenvalue weighted by Crippen LogP contribution is -2.33. The monoisotopic (exact) mass is 378 g/mol. The Labute approximate surface area is 134 Å². The van der Waals surface area contributed by atoms with Crippen LogP contribution in [0.15, 0.2) is 0 Å². The highest BCUT2D eigenvalue weighted by atomic mass is 31.2. The van der Waals surface area contributed by atoms with Gasteiger partial charge in [-0.3, -0.25) is 18.1 Å². The van der Waals surface area contributed by atoms with Crippen LogP contribution in [-0.4, -0.2) is 52.2 Å². The summed E-state index contributed by atoms with van der Waals surface area (Å²) in [6.45, 7) is 5.25. The number of carbonyl (C=O) groups excluding carboxylic acids is 1. The molecule has 0 spiro atoms. The maximum atomic E-state index is 11.7. The highest BCUT2D eigenvalue weighted by Crippen LogP contribution is 2.47. The minimum absolute atomic E-state index is 0.354. The van der Waals surface area contributed by atoms with Gasteiger partial charge in [-0.05, 0) is 27.7 Å². The maximum absolute atomic E-state index is 11.7. The fourth-order valence-corrected chi connectivity index (χ4v) is 3.49. The van der Waals surface area contributed by atoms with Crippen molar-refractivity contribution in [2.45, 2.75) is 58.5 Å². The Morgan fingerprint density at radius 3 is 1.87 bits per heavy atom. The van der Waals surface area contributed by atoms with Crippen molar-refractivity contribution in [2.75, 3.05) is 6.61 Å². The largest absolute Gasteiger partial charge is 0.472 e. The second-order valence-corrected chi connectivity index (χ2v) is 7.92. The first-order valence-corrected chi connectivity index (χ1v) is 9.84. The van der Waals surface area contributed by atoms with Gasteiger partial charge in [0.15, 0.2) is 0 Å². The van der Waals surface area contributed by atoms with Crippen LogP contribution in [0.25, 0.3) is 0 Å². The van der Waals surface area contributed by atoms with Gasteiger partial charge in [-0.1, -0.05) is 0 Å². The average Bonchev–Trinajstić information content (AvgIpc) is 2.32. The Morgan fingerprint density at radius 2 is 1.43 bits per heavy atom. The van der Waals surface area contributed by atoms with E-state index in [0.29, 0.717) is 6.29 Å². The van der Waals surface area contributed by atoms with Crippen molar-refractivity contribution < 1.29 is 46.9 Å². The summed E-state index contributed by atoms with van der Waals surface area (Å²) >= 11 is 0. The van der Waals surface area contributed by atoms with E-state index >= 15 is 0 Å². The fourth-order valence-electron chi connectivity index (χ4n) is 1.40. The molecule has 0 fully saturated rings. The predicted octanol–water partition coefficient (Wildman–Crippen LogP) is 1.39. The lowest BCUT2D eigenvalue weighted by molar-refractivity contribution is -0.111. The Bertz CT molecular complexity index is 452. The first-order chi connectivity index (χ1) is 10.4. The van der Waals surface area contributed by atoms with E-state index in [2.05, 4.69) is 13.6 Å². The van der Waals surface area contributed by atoms with E-state index in [1.54, 1.807) is 0 Å². The highest BCUT2D eigenvalue weighted by Gasteiger charge is 2.33. The standard InChI is InChI=1S/C11H24O10P2/c1-8(2)19-22(14,15)18-7-10(13)11(5-6-12)21-23(16,17)20-9(3)4/h6,8-11,13H,5,7H2,1-4H3,(H,14,15)(H,16,17)/t10-,11?/m1/s1. The number of hydrogen-bond acceptors (Lipinski definition) is 8. The molecule has 12 heteroatoms. The van der Waals surface area contributed by atoms with Crippen molar-refractivity contribution in [3.63, 3.8) is 0 Å². The lowest BCUT2D eigenvalue weighted by Gasteiger charge is -2.25. The molecule has 0 aliphatic carbocycles. The van der Waals surface area contributed by atoms with E-state index < -0.39 is 53.1 Å². The Kier molecular flexibility index (Phi) is 9.92. The number of aliphatic hydroxyl groups excluding tert-OH is 1. The highest BCUT2D eigenvalue weighted by molar-refractivity contribution is 7.47. The molecule has 4 atom stereocenters. The van der Waals surface area contributed by atoms with Gasteiger partial charge in [0.1, 0.15) is 18.5 Å². The average molecular weight is 378 g/mol. The van der Waals surface area contributed by atoms with Gasteiger partial charge in [0.25, 0.3) is 0 Å². The zero-order valence-electron chi connectivity index (χ0n) is 13.4. The van der Waals surface area contributed by atoms with Crippen LogP contribution in [0.5, 0.6) is 0 Å². The third-order valence-electron chi connectivity index (χ3n) is 2.12. The molecule has 10 nitrogen and oxygen atoms in total. The molecule has 0 radical (unpaired) electrons. The summed E-state index contributed by atoms with van der Waals surface area (Å²) in [6, 6.07) is 0. The zero-order valence-corrected chi connectivity index (χ0v) is 15.2. The molecule has 0 aliphatic rings. The molecular formula is C11H24O10P2. The number of aliphatic hydroxyl groups is 1. The van der Waals surface area contributed by atoms with Gasteiger partial charge < -0.3 is 19.7 Å². The Balaban J connectivity index is 4.74. The van der Waals surface area contributed by atoms with E-state index in [-0.39, 0.29) is 0 Å². The summed E-state index contributed by atoms with van der Waals surface area (Å²) in [4.78, 5) is 29.5. The van der Waals surface area contributed by atoms with Crippen LogP contribution in [0.4, 0.5) is 0 Å². The number of aldehydes is 1. The van der Waals surface area contributed by atoms with Crippen molar-refractivity contribution in [3.8, 4) is 0 Å². The Morgan fingerprint density at radius 1 is 0.957 bits per heavy atom. The summed E-state index contributed by atoms with van der Waals surface area (Å²) < 4.78 is 41.7. The zero-order chi connectivity index (χ0) is 18.3. The lowest BCUT2D eigenvalue weighted by atomic mass is 10.2. The summed E-state index contributed by atoms with van der Waals surface area (Å²) in [7, 11) is -8.91. The Hall–Kier alpha value is -0.150. The SMILES string of the molecule is CC(C)OP(=O)(O)OC[C@@H](O)C(CC=O)OP(=O)(O)OC(C)C. The molecule has 0 rings (SSSR count). The van der Waals surface area contributed by atoms with Crippen molar-refractivity contribution >= 4 is 21.9 Å². The van der Waals surface area contributed by atoms with Crippen LogP contribution >= 0.6 is 15.6 Å². The quantitative estimate of drug-likeness (QED) is 0.336. The topological polar surface area (TPSA) is 149 Å². The van der Waals surface area contributed by atoms with E-state index in [9.17, 15) is 28.8 Å². The van der Waals surface area contributed by atoms with Crippen LogP contribution < -0.4 is 0 Å². The fraction of sp³-hybridized carbons (Fsp3) is 0.909. The van der Waals surface area contributed by atoms with Gasteiger partial charge in [0, 0.05) is 6.42 Å². The maximum Gasteiger partial charge on any atom is 0.472 e. The number of rotatable bonds is 12. The molecule has 23 heavy (non-hydrogen) atoms. The van der Waals surface area contributed by atoms with Gasteiger partial charge >= 0.3 is 15.6 Å². The van der Waals surface area contributed by atoms with E-state index in [4.69, 9.17) is 4.52 Å². The van der Waals surface area contributed by atoms with E-state index in [1.807, 2.05) is 0 Å². The second kappa shape index (κ2) is 9.98. The molecule has 3 unspecified atom stereocenters. The molecular weight excluding hydrogens is 354 g/mol. The first-order valence-electron chi connectivity index (χ1n) is 6.85. The molecule has 0 saturated carbocycles. The van der Waals surface area contributed by atoms with Gasteiger partial charge in [-0.2, -0.15) is 0 Å². The molecule has 138 valence electrons. The van der Waals surface area contributed by atoms with Crippen LogP contribution in [0.1, 0.15) is 34.1 Å². The smallest absolute Gasteiger partial charge is 0.388 e. The van der Waals surface area contributed by atoms with Gasteiger partial charge in [0.05, 0.1) is 18.8 Å². The van der Waals surface area contributed by atoms with Crippen LogP contribution in [0.2, 0.25) is 0 Å². The van der Waals surface area contributed by atoms with Crippen molar-refractivity contribution in [2.24, 2.45) is 0 Å². The van der Waals surface area contributed by atoms with Crippen LogP contribution in [0.3, 0.4) is 0 Å².